The molecule has 0 atom stereocenters. The van der Waals surface area contributed by atoms with Crippen LogP contribution in [0.2, 0.25) is 0 Å². The van der Waals surface area contributed by atoms with E-state index in [9.17, 15) is 14.5 Å². The van der Waals surface area contributed by atoms with E-state index in [1.54, 1.807) is 0 Å². The van der Waals surface area contributed by atoms with Crippen molar-refractivity contribution < 1.29 is 14.1 Å². The van der Waals surface area contributed by atoms with Crippen LogP contribution >= 0.6 is 15.9 Å². The van der Waals surface area contributed by atoms with Crippen molar-refractivity contribution in [3.8, 4) is 11.6 Å². The molecule has 0 fully saturated rings. The molecule has 0 unspecified atom stereocenters. The largest absolute Gasteiger partial charge is 0.436 e. The van der Waals surface area contributed by atoms with Crippen LogP contribution in [0.25, 0.3) is 0 Å². The minimum absolute atomic E-state index is 0.0936. The van der Waals surface area contributed by atoms with Crippen LogP contribution in [0.1, 0.15) is 6.92 Å². The zero-order valence-corrected chi connectivity index (χ0v) is 12.4. The third kappa shape index (κ3) is 3.85. The summed E-state index contributed by atoms with van der Waals surface area (Å²) in [6.07, 6.45) is 0.965. The van der Waals surface area contributed by atoms with Gasteiger partial charge in [-0.15, -0.1) is 0 Å². The molecular formula is C12H10BrFN4O3. The molecule has 1 N–H and O–H groups in total. The number of nitro benzene ring substituents is 1. The number of halogens is 2. The number of nitrogens with one attached hydrogen (secondary N) is 1. The lowest BCUT2D eigenvalue weighted by atomic mass is 10.3. The molecule has 1 aromatic carbocycles. The van der Waals surface area contributed by atoms with Gasteiger partial charge >= 0.3 is 0 Å². The maximum absolute atomic E-state index is 13.6. The zero-order valence-electron chi connectivity index (χ0n) is 10.8. The lowest BCUT2D eigenvalue weighted by molar-refractivity contribution is -0.385. The maximum Gasteiger partial charge on any atom is 0.274 e. The van der Waals surface area contributed by atoms with Gasteiger partial charge in [-0.1, -0.05) is 15.9 Å². The van der Waals surface area contributed by atoms with Crippen LogP contribution in [0.3, 0.4) is 0 Å². The average molecular weight is 357 g/mol. The standard InChI is InChI=1S/C12H10BrFN4O3/c1-2-15-12-16-6-10(14)11(17-12)21-9-4-7(13)3-8(5-9)18(19)20/h3-6H,2H2,1H3,(H,15,16,17). The molecule has 2 rings (SSSR count). The number of nitro groups is 1. The Morgan fingerprint density at radius 3 is 2.90 bits per heavy atom. The van der Waals surface area contributed by atoms with E-state index in [-0.39, 0.29) is 23.3 Å². The normalized spacial score (nSPS) is 10.2. The third-order valence-corrected chi connectivity index (χ3v) is 2.79. The van der Waals surface area contributed by atoms with Gasteiger partial charge in [0.1, 0.15) is 5.75 Å². The van der Waals surface area contributed by atoms with Crippen LogP contribution in [-0.2, 0) is 0 Å². The summed E-state index contributed by atoms with van der Waals surface area (Å²) in [6, 6.07) is 3.97. The van der Waals surface area contributed by atoms with E-state index in [0.717, 1.165) is 6.20 Å². The van der Waals surface area contributed by atoms with Crippen LogP contribution in [-0.4, -0.2) is 21.4 Å². The summed E-state index contributed by atoms with van der Waals surface area (Å²) < 4.78 is 19.3. The first-order valence-electron chi connectivity index (χ1n) is 5.89. The molecule has 110 valence electrons. The Hall–Kier alpha value is -2.29. The second-order valence-electron chi connectivity index (χ2n) is 3.88. The molecule has 0 saturated heterocycles. The predicted octanol–water partition coefficient (Wildman–Crippen LogP) is 3.51. The monoisotopic (exact) mass is 356 g/mol. The minimum Gasteiger partial charge on any atom is -0.436 e. The summed E-state index contributed by atoms with van der Waals surface area (Å²) in [5, 5.41) is 13.6. The van der Waals surface area contributed by atoms with Crippen molar-refractivity contribution in [1.29, 1.82) is 0 Å². The molecule has 0 spiro atoms. The fourth-order valence-corrected chi connectivity index (χ4v) is 1.95. The molecule has 0 bridgehead atoms. The molecule has 0 aliphatic rings. The predicted molar refractivity (Wildman–Crippen MR) is 77.0 cm³/mol. The molecule has 2 aromatic rings. The molecule has 0 radical (unpaired) electrons. The molecule has 9 heteroatoms. The van der Waals surface area contributed by atoms with E-state index >= 15 is 0 Å². The Labute approximate surface area is 127 Å². The van der Waals surface area contributed by atoms with Crippen LogP contribution in [0.4, 0.5) is 16.0 Å². The first-order valence-corrected chi connectivity index (χ1v) is 6.68. The molecule has 7 nitrogen and oxygen atoms in total. The smallest absolute Gasteiger partial charge is 0.274 e. The van der Waals surface area contributed by atoms with E-state index in [0.29, 0.717) is 11.0 Å². The van der Waals surface area contributed by atoms with Gasteiger partial charge in [0.25, 0.3) is 11.6 Å². The van der Waals surface area contributed by atoms with E-state index in [2.05, 4.69) is 31.2 Å². The molecule has 0 aliphatic heterocycles. The fraction of sp³-hybridized carbons (Fsp3) is 0.167. The number of nitrogens with zero attached hydrogens (tertiary/aromatic N) is 3. The second kappa shape index (κ2) is 6.44. The highest BCUT2D eigenvalue weighted by Crippen LogP contribution is 2.30. The highest BCUT2D eigenvalue weighted by atomic mass is 79.9. The first kappa shape index (κ1) is 15.1. The number of anilines is 1. The van der Waals surface area contributed by atoms with Crippen LogP contribution in [0.15, 0.2) is 28.9 Å². The number of non-ortho nitro benzene ring substituents is 1. The summed E-state index contributed by atoms with van der Waals surface area (Å²) in [5.41, 5.74) is -0.180. The minimum atomic E-state index is -0.765. The number of aromatic nitrogens is 2. The molecule has 0 saturated carbocycles. The van der Waals surface area contributed by atoms with Gasteiger partial charge < -0.3 is 10.1 Å². The Kier molecular flexibility index (Phi) is 4.63. The van der Waals surface area contributed by atoms with Crippen LogP contribution < -0.4 is 10.1 Å². The van der Waals surface area contributed by atoms with Gasteiger partial charge in [-0.2, -0.15) is 9.37 Å². The summed E-state index contributed by atoms with van der Waals surface area (Å²) in [5.74, 6) is -0.776. The molecule has 1 aromatic heterocycles. The van der Waals surface area contributed by atoms with Crippen molar-refractivity contribution in [3.63, 3.8) is 0 Å². The van der Waals surface area contributed by atoms with E-state index in [1.165, 1.54) is 18.2 Å². The first-order chi connectivity index (χ1) is 9.99. The van der Waals surface area contributed by atoms with Crippen molar-refractivity contribution in [2.75, 3.05) is 11.9 Å². The number of rotatable bonds is 5. The van der Waals surface area contributed by atoms with Gasteiger partial charge in [-0.25, -0.2) is 4.98 Å². The van der Waals surface area contributed by atoms with Gasteiger partial charge in [0, 0.05) is 17.1 Å². The van der Waals surface area contributed by atoms with Gasteiger partial charge in [0.05, 0.1) is 17.2 Å². The van der Waals surface area contributed by atoms with E-state index < -0.39 is 10.7 Å². The number of ether oxygens (including phenoxy) is 1. The van der Waals surface area contributed by atoms with Gasteiger partial charge in [0.15, 0.2) is 0 Å². The third-order valence-electron chi connectivity index (χ3n) is 2.33. The van der Waals surface area contributed by atoms with Crippen molar-refractivity contribution in [2.45, 2.75) is 6.92 Å². The highest BCUT2D eigenvalue weighted by molar-refractivity contribution is 9.10. The molecule has 0 amide bonds. The van der Waals surface area contributed by atoms with Gasteiger partial charge in [-0.05, 0) is 13.0 Å². The lowest BCUT2D eigenvalue weighted by Crippen LogP contribution is -2.04. The maximum atomic E-state index is 13.6. The number of hydrogen-bond donors (Lipinski definition) is 1. The summed E-state index contributed by atoms with van der Waals surface area (Å²) in [7, 11) is 0. The van der Waals surface area contributed by atoms with Gasteiger partial charge in [-0.3, -0.25) is 10.1 Å². The summed E-state index contributed by atoms with van der Waals surface area (Å²) >= 11 is 3.13. The van der Waals surface area contributed by atoms with Crippen LogP contribution in [0.5, 0.6) is 11.6 Å². The number of benzene rings is 1. The van der Waals surface area contributed by atoms with Gasteiger partial charge in [0.2, 0.25) is 11.8 Å². The Morgan fingerprint density at radius 2 is 2.24 bits per heavy atom. The van der Waals surface area contributed by atoms with E-state index in [1.807, 2.05) is 6.92 Å². The van der Waals surface area contributed by atoms with Crippen LogP contribution in [0, 0.1) is 15.9 Å². The average Bonchev–Trinajstić information content (AvgIpc) is 2.42. The molecular weight excluding hydrogens is 347 g/mol. The summed E-state index contributed by atoms with van der Waals surface area (Å²) in [6.45, 7) is 2.40. The fourth-order valence-electron chi connectivity index (χ4n) is 1.49. The molecule has 0 aliphatic carbocycles. The molecule has 21 heavy (non-hydrogen) atoms. The Bertz CT molecular complexity index is 684. The lowest BCUT2D eigenvalue weighted by Gasteiger charge is -2.08. The van der Waals surface area contributed by atoms with E-state index in [4.69, 9.17) is 4.74 Å². The number of hydrogen-bond acceptors (Lipinski definition) is 6. The topological polar surface area (TPSA) is 90.2 Å². The zero-order chi connectivity index (χ0) is 15.4. The van der Waals surface area contributed by atoms with Crippen molar-refractivity contribution >= 4 is 27.6 Å². The second-order valence-corrected chi connectivity index (χ2v) is 4.80. The Morgan fingerprint density at radius 1 is 1.48 bits per heavy atom. The quantitative estimate of drug-likeness (QED) is 0.651. The van der Waals surface area contributed by atoms with Crippen molar-refractivity contribution in [3.05, 3.63) is 44.8 Å². The molecule has 1 heterocycles. The summed E-state index contributed by atoms with van der Waals surface area (Å²) in [4.78, 5) is 17.8. The van der Waals surface area contributed by atoms with Crippen molar-refractivity contribution in [1.82, 2.24) is 9.97 Å². The Balaban J connectivity index is 2.33. The highest BCUT2D eigenvalue weighted by Gasteiger charge is 2.13. The SMILES string of the molecule is CCNc1ncc(F)c(Oc2cc(Br)cc([N+](=O)[O-])c2)n1. The van der Waals surface area contributed by atoms with Crippen molar-refractivity contribution in [2.24, 2.45) is 0 Å².